The quantitative estimate of drug-likeness (QED) is 0.727. The van der Waals surface area contributed by atoms with Crippen molar-refractivity contribution in [2.45, 2.75) is 0 Å². The van der Waals surface area contributed by atoms with E-state index in [1.54, 1.807) is 6.20 Å². The maximum atomic E-state index is 9.26. The second-order valence-electron chi connectivity index (χ2n) is 4.76. The summed E-state index contributed by atoms with van der Waals surface area (Å²) in [6.07, 6.45) is 1.74. The summed E-state index contributed by atoms with van der Waals surface area (Å²) in [4.78, 5) is 6.33. The van der Waals surface area contributed by atoms with Crippen molar-refractivity contribution >= 4 is 28.0 Å². The largest absolute Gasteiger partial charge is 0.397 e. The predicted octanol–water partition coefficient (Wildman–Crippen LogP) is 3.46. The van der Waals surface area contributed by atoms with Crippen molar-refractivity contribution in [2.24, 2.45) is 0 Å². The van der Waals surface area contributed by atoms with Crippen LogP contribution in [0.3, 0.4) is 0 Å². The van der Waals surface area contributed by atoms with E-state index in [-0.39, 0.29) is 0 Å². The lowest BCUT2D eigenvalue weighted by atomic mass is 10.1. The maximum absolute atomic E-state index is 9.26. The Bertz CT molecular complexity index is 849. The van der Waals surface area contributed by atoms with E-state index in [1.807, 2.05) is 60.5 Å². The number of nitrogens with two attached hydrogens (primary N) is 1. The third kappa shape index (κ3) is 2.15. The van der Waals surface area contributed by atoms with Crippen molar-refractivity contribution in [3.8, 4) is 6.07 Å². The van der Waals surface area contributed by atoms with Gasteiger partial charge in [-0.3, -0.25) is 4.98 Å². The summed E-state index contributed by atoms with van der Waals surface area (Å²) >= 11 is 0. The molecule has 0 saturated heterocycles. The average molecular weight is 274 g/mol. The van der Waals surface area contributed by atoms with Crippen LogP contribution in [0.5, 0.6) is 0 Å². The van der Waals surface area contributed by atoms with Crippen LogP contribution in [-0.2, 0) is 0 Å². The highest BCUT2D eigenvalue weighted by Gasteiger charge is 2.12. The predicted molar refractivity (Wildman–Crippen MR) is 85.4 cm³/mol. The third-order valence-electron chi connectivity index (χ3n) is 3.53. The van der Waals surface area contributed by atoms with Crippen LogP contribution in [0.4, 0.5) is 17.1 Å². The first-order chi connectivity index (χ1) is 10.2. The molecule has 3 aromatic rings. The number of hydrogen-bond donors (Lipinski definition) is 1. The molecule has 0 fully saturated rings. The standard InChI is InChI=1S/C17H14N4/c1-21(15-8-3-2-5-12(15)11-18)16-9-10-20-17-13(16)6-4-7-14(17)19/h2-10H,19H2,1H3. The van der Waals surface area contributed by atoms with Crippen LogP contribution in [0.2, 0.25) is 0 Å². The molecule has 4 heteroatoms. The number of nitrogen functional groups attached to an aromatic ring is 1. The molecule has 4 nitrogen and oxygen atoms in total. The van der Waals surface area contributed by atoms with Gasteiger partial charge < -0.3 is 10.6 Å². The van der Waals surface area contributed by atoms with Crippen LogP contribution in [0, 0.1) is 11.3 Å². The molecule has 0 aliphatic carbocycles. The summed E-state index contributed by atoms with van der Waals surface area (Å²) in [7, 11) is 1.94. The van der Waals surface area contributed by atoms with Gasteiger partial charge in [0.15, 0.2) is 0 Å². The van der Waals surface area contributed by atoms with E-state index < -0.39 is 0 Å². The van der Waals surface area contributed by atoms with Gasteiger partial charge in [-0.2, -0.15) is 5.26 Å². The fourth-order valence-corrected chi connectivity index (χ4v) is 2.47. The lowest BCUT2D eigenvalue weighted by molar-refractivity contribution is 1.20. The van der Waals surface area contributed by atoms with Gasteiger partial charge in [-0.25, -0.2) is 0 Å². The second-order valence-corrected chi connectivity index (χ2v) is 4.76. The van der Waals surface area contributed by atoms with E-state index in [2.05, 4.69) is 11.1 Å². The van der Waals surface area contributed by atoms with Crippen LogP contribution in [0.15, 0.2) is 54.7 Å². The molecule has 2 N–H and O–H groups in total. The Morgan fingerprint density at radius 3 is 2.67 bits per heavy atom. The molecule has 1 aromatic heterocycles. The smallest absolute Gasteiger partial charge is 0.101 e. The number of rotatable bonds is 2. The van der Waals surface area contributed by atoms with Gasteiger partial charge in [-0.1, -0.05) is 24.3 Å². The molecule has 0 atom stereocenters. The van der Waals surface area contributed by atoms with E-state index in [0.717, 1.165) is 22.3 Å². The first kappa shape index (κ1) is 12.9. The fraction of sp³-hybridized carbons (Fsp3) is 0.0588. The highest BCUT2D eigenvalue weighted by molar-refractivity contribution is 5.99. The Morgan fingerprint density at radius 1 is 1.05 bits per heavy atom. The van der Waals surface area contributed by atoms with Crippen LogP contribution in [0.1, 0.15) is 5.56 Å². The lowest BCUT2D eigenvalue weighted by Crippen LogP contribution is -2.11. The molecule has 0 aliphatic rings. The molecule has 0 unspecified atom stereocenters. The molecule has 0 amide bonds. The Labute approximate surface area is 123 Å². The summed E-state index contributed by atoms with van der Waals surface area (Å²) in [5.41, 5.74) is 9.87. The number of hydrogen-bond acceptors (Lipinski definition) is 4. The topological polar surface area (TPSA) is 65.9 Å². The Balaban J connectivity index is 2.21. The third-order valence-corrected chi connectivity index (χ3v) is 3.53. The number of anilines is 3. The lowest BCUT2D eigenvalue weighted by Gasteiger charge is -2.22. The summed E-state index contributed by atoms with van der Waals surface area (Å²) in [6.45, 7) is 0. The first-order valence-electron chi connectivity index (χ1n) is 6.58. The minimum Gasteiger partial charge on any atom is -0.397 e. The Morgan fingerprint density at radius 2 is 1.86 bits per heavy atom. The molecule has 3 rings (SSSR count). The van der Waals surface area contributed by atoms with Gasteiger partial charge in [0.1, 0.15) is 6.07 Å². The van der Waals surface area contributed by atoms with Gasteiger partial charge in [-0.05, 0) is 24.3 Å². The number of pyridine rings is 1. The van der Waals surface area contributed by atoms with Gasteiger partial charge in [0.2, 0.25) is 0 Å². The minimum absolute atomic E-state index is 0.633. The van der Waals surface area contributed by atoms with Crippen molar-refractivity contribution in [1.29, 1.82) is 5.26 Å². The van der Waals surface area contributed by atoms with Crippen molar-refractivity contribution in [3.63, 3.8) is 0 Å². The van der Waals surface area contributed by atoms with Crippen molar-refractivity contribution in [3.05, 3.63) is 60.3 Å². The Kier molecular flexibility index (Phi) is 3.17. The molecule has 102 valence electrons. The first-order valence-corrected chi connectivity index (χ1v) is 6.58. The average Bonchev–Trinajstić information content (AvgIpc) is 2.54. The maximum Gasteiger partial charge on any atom is 0.101 e. The molecule has 0 spiro atoms. The van der Waals surface area contributed by atoms with Gasteiger partial charge in [-0.15, -0.1) is 0 Å². The zero-order valence-electron chi connectivity index (χ0n) is 11.6. The number of fused-ring (bicyclic) bond motifs is 1. The summed E-state index contributed by atoms with van der Waals surface area (Å²) in [5.74, 6) is 0. The molecular weight excluding hydrogens is 260 g/mol. The fourth-order valence-electron chi connectivity index (χ4n) is 2.47. The van der Waals surface area contributed by atoms with Crippen molar-refractivity contribution in [2.75, 3.05) is 17.7 Å². The molecule has 0 aliphatic heterocycles. The number of nitriles is 1. The summed E-state index contributed by atoms with van der Waals surface area (Å²) in [6, 6.07) is 17.4. The normalized spacial score (nSPS) is 10.3. The number of nitrogens with zero attached hydrogens (tertiary/aromatic N) is 3. The second kappa shape index (κ2) is 5.14. The molecule has 21 heavy (non-hydrogen) atoms. The van der Waals surface area contributed by atoms with E-state index >= 15 is 0 Å². The summed E-state index contributed by atoms with van der Waals surface area (Å²) in [5, 5.41) is 10.2. The molecule has 0 radical (unpaired) electrons. The van der Waals surface area contributed by atoms with E-state index in [9.17, 15) is 5.26 Å². The molecule has 1 heterocycles. The van der Waals surface area contributed by atoms with Gasteiger partial charge in [0.25, 0.3) is 0 Å². The number of aromatic nitrogens is 1. The molecule has 0 saturated carbocycles. The number of benzene rings is 2. The van der Waals surface area contributed by atoms with Gasteiger partial charge in [0.05, 0.1) is 28.1 Å². The zero-order chi connectivity index (χ0) is 14.8. The molecule has 2 aromatic carbocycles. The highest BCUT2D eigenvalue weighted by Crippen LogP contribution is 2.33. The Hall–Kier alpha value is -3.06. The zero-order valence-corrected chi connectivity index (χ0v) is 11.6. The summed E-state index contributed by atoms with van der Waals surface area (Å²) < 4.78 is 0. The molecular formula is C17H14N4. The SMILES string of the molecule is CN(c1ccccc1C#N)c1ccnc2c(N)cccc12. The van der Waals surface area contributed by atoms with E-state index in [0.29, 0.717) is 11.3 Å². The van der Waals surface area contributed by atoms with Crippen LogP contribution in [0.25, 0.3) is 10.9 Å². The minimum atomic E-state index is 0.633. The van der Waals surface area contributed by atoms with Crippen molar-refractivity contribution in [1.82, 2.24) is 4.98 Å². The molecule has 0 bridgehead atoms. The highest BCUT2D eigenvalue weighted by atomic mass is 15.1. The van der Waals surface area contributed by atoms with Gasteiger partial charge in [0, 0.05) is 18.6 Å². The van der Waals surface area contributed by atoms with Crippen LogP contribution >= 0.6 is 0 Å². The van der Waals surface area contributed by atoms with Gasteiger partial charge >= 0.3 is 0 Å². The van der Waals surface area contributed by atoms with E-state index in [1.165, 1.54) is 0 Å². The van der Waals surface area contributed by atoms with Crippen LogP contribution < -0.4 is 10.6 Å². The monoisotopic (exact) mass is 274 g/mol. The van der Waals surface area contributed by atoms with E-state index in [4.69, 9.17) is 5.73 Å². The van der Waals surface area contributed by atoms with Crippen LogP contribution in [-0.4, -0.2) is 12.0 Å². The van der Waals surface area contributed by atoms with Crippen molar-refractivity contribution < 1.29 is 0 Å². The number of para-hydroxylation sites is 2.